The zero-order chi connectivity index (χ0) is 3.58. The van der Waals surface area contributed by atoms with E-state index < -0.39 is 6.10 Å². The monoisotopic (exact) mass is 107 g/mol. The maximum atomic E-state index is 9.53. The summed E-state index contributed by atoms with van der Waals surface area (Å²) in [6.07, 6.45) is -0.417. The molecule has 0 saturated heterocycles. The van der Waals surface area contributed by atoms with Crippen LogP contribution in [0.3, 0.4) is 0 Å². The molecule has 0 fully saturated rings. The minimum Gasteiger partial charge on any atom is -0.852 e. The summed E-state index contributed by atoms with van der Waals surface area (Å²) in [5.41, 5.74) is 0. The van der Waals surface area contributed by atoms with Crippen molar-refractivity contribution < 1.29 is 26.8 Å². The van der Waals surface area contributed by atoms with Gasteiger partial charge < -0.3 is 5.11 Å². The van der Waals surface area contributed by atoms with E-state index in [1.165, 1.54) is 0 Å². The minimum atomic E-state index is -0.417. The molecule has 29 valence electrons. The topological polar surface area (TPSA) is 23.1 Å². The van der Waals surface area contributed by atoms with E-state index in [2.05, 4.69) is 0 Å². The van der Waals surface area contributed by atoms with Crippen LogP contribution in [0.25, 0.3) is 0 Å². The van der Waals surface area contributed by atoms with Gasteiger partial charge in [0.1, 0.15) is 0 Å². The Labute approximate surface area is 47.3 Å². The van der Waals surface area contributed by atoms with Gasteiger partial charge >= 0.3 is 21.7 Å². The molecule has 0 rings (SSSR count). The number of hydrogen-bond acceptors (Lipinski definition) is 1. The summed E-state index contributed by atoms with van der Waals surface area (Å²) in [4.78, 5) is 0. The molecule has 0 aromatic heterocycles. The van der Waals surface area contributed by atoms with E-state index in [4.69, 9.17) is 0 Å². The molecule has 2 heteroatoms. The van der Waals surface area contributed by atoms with Crippen molar-refractivity contribution in [1.29, 1.82) is 0 Å². The van der Waals surface area contributed by atoms with Crippen molar-refractivity contribution >= 4 is 0 Å². The first-order valence-electron chi connectivity index (χ1n) is 1.39. The second-order valence-corrected chi connectivity index (χ2v) is 1.05. The van der Waals surface area contributed by atoms with Crippen LogP contribution in [0.4, 0.5) is 0 Å². The molecule has 0 aromatic carbocycles. The van der Waals surface area contributed by atoms with Gasteiger partial charge in [-0.1, -0.05) is 13.8 Å². The van der Waals surface area contributed by atoms with Crippen molar-refractivity contribution in [3.8, 4) is 0 Å². The van der Waals surface area contributed by atoms with E-state index in [9.17, 15) is 5.11 Å². The van der Waals surface area contributed by atoms with E-state index in [-0.39, 0.29) is 21.7 Å². The molecule has 0 heterocycles. The van der Waals surface area contributed by atoms with Crippen LogP contribution in [0.2, 0.25) is 0 Å². The second-order valence-electron chi connectivity index (χ2n) is 1.05. The molecule has 0 N–H and O–H groups in total. The zero-order valence-corrected chi connectivity index (χ0v) is 5.05. The molecule has 0 aliphatic carbocycles. The van der Waals surface area contributed by atoms with Crippen molar-refractivity contribution in [2.45, 2.75) is 20.0 Å². The van der Waals surface area contributed by atoms with Crippen LogP contribution in [0.1, 0.15) is 13.8 Å². The third-order valence-electron chi connectivity index (χ3n) is 0. The van der Waals surface area contributed by atoms with Crippen molar-refractivity contribution in [2.24, 2.45) is 0 Å². The van der Waals surface area contributed by atoms with Crippen molar-refractivity contribution in [2.75, 3.05) is 0 Å². The van der Waals surface area contributed by atoms with Gasteiger partial charge in [-0.3, -0.25) is 0 Å². The molecule has 0 saturated carbocycles. The Morgan fingerprint density at radius 3 is 1.40 bits per heavy atom. The fourth-order valence-electron chi connectivity index (χ4n) is 0. The zero-order valence-electron chi connectivity index (χ0n) is 3.49. The third kappa shape index (κ3) is 73.5. The SMILES string of the molecule is CC(C)[O-].[Ti+]. The number of rotatable bonds is 0. The summed E-state index contributed by atoms with van der Waals surface area (Å²) in [5, 5.41) is 9.53. The Balaban J connectivity index is 0. The number of hydrogen-bond donors (Lipinski definition) is 0. The fourth-order valence-corrected chi connectivity index (χ4v) is 0. The van der Waals surface area contributed by atoms with Crippen molar-refractivity contribution in [1.82, 2.24) is 0 Å². The maximum Gasteiger partial charge on any atom is 1.00 e. The summed E-state index contributed by atoms with van der Waals surface area (Å²) in [5.74, 6) is 0. The maximum absolute atomic E-state index is 9.53. The Hall–Kier alpha value is 0.674. The van der Waals surface area contributed by atoms with E-state index in [0.717, 1.165) is 0 Å². The Kier molecular flexibility index (Phi) is 8.59. The quantitative estimate of drug-likeness (QED) is 0.391. The van der Waals surface area contributed by atoms with Crippen LogP contribution in [0, 0.1) is 0 Å². The van der Waals surface area contributed by atoms with Gasteiger partial charge in [0, 0.05) is 0 Å². The minimum absolute atomic E-state index is 0. The normalized spacial score (nSPS) is 7.20. The molecule has 0 aliphatic heterocycles. The molecule has 0 amide bonds. The first-order valence-corrected chi connectivity index (χ1v) is 1.39. The molecule has 0 spiro atoms. The molecular weight excluding hydrogens is 99.9 g/mol. The predicted molar refractivity (Wildman–Crippen MR) is 15.1 cm³/mol. The average Bonchev–Trinajstić information content (AvgIpc) is 0.811. The van der Waals surface area contributed by atoms with E-state index in [1.54, 1.807) is 13.8 Å². The van der Waals surface area contributed by atoms with Crippen LogP contribution >= 0.6 is 0 Å². The molecule has 0 aromatic rings. The van der Waals surface area contributed by atoms with Crippen LogP contribution in [-0.2, 0) is 21.7 Å². The second kappa shape index (κ2) is 4.67. The van der Waals surface area contributed by atoms with E-state index >= 15 is 0 Å². The van der Waals surface area contributed by atoms with Crippen LogP contribution < -0.4 is 5.11 Å². The molecular formula is C3H7OTi. The van der Waals surface area contributed by atoms with Gasteiger partial charge in [-0.05, 0) is 0 Å². The van der Waals surface area contributed by atoms with E-state index in [0.29, 0.717) is 0 Å². The molecule has 0 unspecified atom stereocenters. The summed E-state index contributed by atoms with van der Waals surface area (Å²) in [7, 11) is 0. The van der Waals surface area contributed by atoms with Crippen LogP contribution in [0.15, 0.2) is 0 Å². The summed E-state index contributed by atoms with van der Waals surface area (Å²) < 4.78 is 0. The average molecular weight is 107 g/mol. The summed E-state index contributed by atoms with van der Waals surface area (Å²) in [6.45, 7) is 3.22. The molecule has 1 nitrogen and oxygen atoms in total. The van der Waals surface area contributed by atoms with Crippen molar-refractivity contribution in [3.05, 3.63) is 0 Å². The predicted octanol–water partition coefficient (Wildman–Crippen LogP) is -0.247. The molecule has 5 heavy (non-hydrogen) atoms. The standard InChI is InChI=1S/C3H7O.Ti/c1-3(2)4;/h3H,1-2H3;/q-1;+1. The molecule has 0 atom stereocenters. The first-order chi connectivity index (χ1) is 1.73. The Morgan fingerprint density at radius 2 is 1.40 bits per heavy atom. The van der Waals surface area contributed by atoms with Gasteiger partial charge in [0.05, 0.1) is 0 Å². The van der Waals surface area contributed by atoms with Gasteiger partial charge in [-0.15, -0.1) is 6.10 Å². The Bertz CT molecular complexity index is 11.6. The van der Waals surface area contributed by atoms with E-state index in [1.807, 2.05) is 0 Å². The van der Waals surface area contributed by atoms with Crippen molar-refractivity contribution in [3.63, 3.8) is 0 Å². The molecule has 0 aliphatic rings. The third-order valence-corrected chi connectivity index (χ3v) is 0. The van der Waals surface area contributed by atoms with Gasteiger partial charge in [0.2, 0.25) is 0 Å². The fraction of sp³-hybridized carbons (Fsp3) is 1.00. The Morgan fingerprint density at radius 1 is 1.40 bits per heavy atom. The van der Waals surface area contributed by atoms with Gasteiger partial charge in [0.15, 0.2) is 0 Å². The molecule has 1 radical (unpaired) electrons. The van der Waals surface area contributed by atoms with Gasteiger partial charge in [0.25, 0.3) is 0 Å². The van der Waals surface area contributed by atoms with Crippen LogP contribution in [0.5, 0.6) is 0 Å². The van der Waals surface area contributed by atoms with Crippen LogP contribution in [-0.4, -0.2) is 6.10 Å². The van der Waals surface area contributed by atoms with Gasteiger partial charge in [-0.25, -0.2) is 0 Å². The summed E-state index contributed by atoms with van der Waals surface area (Å²) >= 11 is 0. The first kappa shape index (κ1) is 9.18. The molecule has 0 bridgehead atoms. The van der Waals surface area contributed by atoms with Gasteiger partial charge in [-0.2, -0.15) is 0 Å². The summed E-state index contributed by atoms with van der Waals surface area (Å²) in [6, 6.07) is 0. The smallest absolute Gasteiger partial charge is 0.852 e. The largest absolute Gasteiger partial charge is 1.00 e.